The van der Waals surface area contributed by atoms with E-state index in [-0.39, 0.29) is 24.7 Å². The maximum atomic E-state index is 12.8. The van der Waals surface area contributed by atoms with Crippen molar-refractivity contribution in [2.45, 2.75) is 19.3 Å². The van der Waals surface area contributed by atoms with Crippen molar-refractivity contribution < 1.29 is 13.2 Å². The normalized spacial score (nSPS) is 15.1. The van der Waals surface area contributed by atoms with Crippen LogP contribution in [0.4, 0.5) is 24.9 Å². The summed E-state index contributed by atoms with van der Waals surface area (Å²) >= 11 is 3.20. The third kappa shape index (κ3) is 2.64. The third-order valence-electron chi connectivity index (χ3n) is 2.99. The van der Waals surface area contributed by atoms with Crippen molar-refractivity contribution in [3.8, 4) is 0 Å². The Morgan fingerprint density at radius 3 is 2.62 bits per heavy atom. The first-order valence-electron chi connectivity index (χ1n) is 5.89. The molecule has 3 rings (SSSR count). The molecule has 1 aliphatic heterocycles. The van der Waals surface area contributed by atoms with Crippen molar-refractivity contribution in [2.75, 3.05) is 17.2 Å². The molecule has 0 saturated heterocycles. The quantitative estimate of drug-likeness (QED) is 0.771. The lowest BCUT2D eigenvalue weighted by molar-refractivity contribution is -0.147. The van der Waals surface area contributed by atoms with Crippen LogP contribution in [0, 0.1) is 0 Å². The molecule has 11 heteroatoms. The molecular formula is C10H9BrF3N7. The van der Waals surface area contributed by atoms with Gasteiger partial charge in [-0.25, -0.2) is 4.98 Å². The smallest absolute Gasteiger partial charge is 0.383 e. The Labute approximate surface area is 125 Å². The summed E-state index contributed by atoms with van der Waals surface area (Å²) in [6.45, 7) is 0.552. The number of nitrogens with zero attached hydrogens (tertiary/aromatic N) is 6. The van der Waals surface area contributed by atoms with Crippen molar-refractivity contribution in [1.82, 2.24) is 24.7 Å². The maximum absolute atomic E-state index is 12.8. The molecule has 0 atom stereocenters. The number of hydrogen-bond acceptors (Lipinski definition) is 6. The van der Waals surface area contributed by atoms with E-state index in [1.54, 1.807) is 4.90 Å². The Bertz CT molecular complexity index is 664. The number of halogens is 4. The largest absolute Gasteiger partial charge is 0.451 e. The van der Waals surface area contributed by atoms with E-state index in [1.165, 1.54) is 6.07 Å². The van der Waals surface area contributed by atoms with Gasteiger partial charge in [0.05, 0.1) is 6.54 Å². The lowest BCUT2D eigenvalue weighted by Crippen LogP contribution is -2.36. The Morgan fingerprint density at radius 1 is 1.19 bits per heavy atom. The molecule has 0 saturated carbocycles. The van der Waals surface area contributed by atoms with Crippen LogP contribution in [0.1, 0.15) is 11.6 Å². The van der Waals surface area contributed by atoms with Crippen LogP contribution in [-0.4, -0.2) is 31.3 Å². The molecule has 0 fully saturated rings. The van der Waals surface area contributed by atoms with Crippen LogP contribution in [-0.2, 0) is 19.3 Å². The minimum absolute atomic E-state index is 0.104. The molecule has 0 aromatic carbocycles. The standard InChI is InChI=1S/C10H9BrF3N7/c11-5-3-6(15)17-9(16-5)20-1-2-21-7(4-20)18-19-8(21)10(12,13)14/h3H,1-2,4H2,(H2,15,16,17). The van der Waals surface area contributed by atoms with Gasteiger partial charge in [-0.1, -0.05) is 0 Å². The summed E-state index contributed by atoms with van der Waals surface area (Å²) in [5, 5.41) is 6.82. The summed E-state index contributed by atoms with van der Waals surface area (Å²) in [5.74, 6) is -0.151. The average Bonchev–Trinajstić information content (AvgIpc) is 2.80. The number of hydrogen-bond donors (Lipinski definition) is 1. The van der Waals surface area contributed by atoms with Crippen molar-refractivity contribution in [3.63, 3.8) is 0 Å². The highest BCUT2D eigenvalue weighted by molar-refractivity contribution is 9.10. The van der Waals surface area contributed by atoms with E-state index in [4.69, 9.17) is 5.73 Å². The monoisotopic (exact) mass is 363 g/mol. The molecule has 0 aliphatic carbocycles. The molecule has 2 aromatic heterocycles. The van der Waals surface area contributed by atoms with Gasteiger partial charge in [0.25, 0.3) is 0 Å². The summed E-state index contributed by atoms with van der Waals surface area (Å²) in [7, 11) is 0. The highest BCUT2D eigenvalue weighted by Crippen LogP contribution is 2.30. The molecule has 2 aromatic rings. The van der Waals surface area contributed by atoms with Crippen LogP contribution in [0.2, 0.25) is 0 Å². The van der Waals surface area contributed by atoms with Crippen LogP contribution < -0.4 is 10.6 Å². The molecule has 0 spiro atoms. The van der Waals surface area contributed by atoms with E-state index in [1.807, 2.05) is 0 Å². The van der Waals surface area contributed by atoms with Crippen LogP contribution in [0.5, 0.6) is 0 Å². The summed E-state index contributed by atoms with van der Waals surface area (Å²) in [6, 6.07) is 1.54. The number of nitrogens with two attached hydrogens (primary N) is 1. The number of rotatable bonds is 1. The first kappa shape index (κ1) is 14.0. The summed E-state index contributed by atoms with van der Waals surface area (Å²) < 4.78 is 39.8. The fourth-order valence-corrected chi connectivity index (χ4v) is 2.50. The topological polar surface area (TPSA) is 85.8 Å². The molecule has 1 aliphatic rings. The van der Waals surface area contributed by atoms with Crippen LogP contribution >= 0.6 is 15.9 Å². The van der Waals surface area contributed by atoms with Crippen molar-refractivity contribution in [1.29, 1.82) is 0 Å². The van der Waals surface area contributed by atoms with Gasteiger partial charge in [0.2, 0.25) is 11.8 Å². The Hall–Kier alpha value is -1.91. The molecule has 7 nitrogen and oxygen atoms in total. The molecule has 0 radical (unpaired) electrons. The lowest BCUT2D eigenvalue weighted by atomic mass is 10.3. The molecule has 3 heterocycles. The van der Waals surface area contributed by atoms with Gasteiger partial charge in [0, 0.05) is 19.2 Å². The SMILES string of the molecule is Nc1cc(Br)nc(N2CCn3c(nnc3C(F)(F)F)C2)n1. The highest BCUT2D eigenvalue weighted by Gasteiger charge is 2.39. The fraction of sp³-hybridized carbons (Fsp3) is 0.400. The van der Waals surface area contributed by atoms with Gasteiger partial charge in [-0.2, -0.15) is 18.2 Å². The lowest BCUT2D eigenvalue weighted by Gasteiger charge is -2.28. The molecule has 2 N–H and O–H groups in total. The highest BCUT2D eigenvalue weighted by atomic mass is 79.9. The minimum Gasteiger partial charge on any atom is -0.383 e. The molecule has 0 bridgehead atoms. The van der Waals surface area contributed by atoms with Gasteiger partial charge < -0.3 is 15.2 Å². The van der Waals surface area contributed by atoms with Gasteiger partial charge >= 0.3 is 6.18 Å². The van der Waals surface area contributed by atoms with E-state index in [9.17, 15) is 13.2 Å². The fourth-order valence-electron chi connectivity index (χ4n) is 2.10. The number of anilines is 2. The van der Waals surface area contributed by atoms with E-state index in [2.05, 4.69) is 36.1 Å². The Kier molecular flexibility index (Phi) is 3.23. The molecule has 21 heavy (non-hydrogen) atoms. The molecular weight excluding hydrogens is 355 g/mol. The summed E-state index contributed by atoms with van der Waals surface area (Å²) in [6.07, 6.45) is -4.51. The number of aromatic nitrogens is 5. The Balaban J connectivity index is 1.90. The van der Waals surface area contributed by atoms with E-state index >= 15 is 0 Å². The summed E-state index contributed by atoms with van der Waals surface area (Å²) in [5.41, 5.74) is 5.63. The number of fused-ring (bicyclic) bond motifs is 1. The third-order valence-corrected chi connectivity index (χ3v) is 3.40. The van der Waals surface area contributed by atoms with Gasteiger partial charge in [-0.3, -0.25) is 0 Å². The van der Waals surface area contributed by atoms with Crippen molar-refractivity contribution in [2.24, 2.45) is 0 Å². The van der Waals surface area contributed by atoms with E-state index in [0.717, 1.165) is 4.57 Å². The zero-order valence-corrected chi connectivity index (χ0v) is 12.1. The van der Waals surface area contributed by atoms with Crippen molar-refractivity contribution in [3.05, 3.63) is 22.3 Å². The predicted molar refractivity (Wildman–Crippen MR) is 70.2 cm³/mol. The van der Waals surface area contributed by atoms with Gasteiger partial charge in [-0.15, -0.1) is 10.2 Å². The first-order valence-corrected chi connectivity index (χ1v) is 6.68. The maximum Gasteiger partial charge on any atom is 0.451 e. The molecule has 0 amide bonds. The van der Waals surface area contributed by atoms with Crippen LogP contribution in [0.15, 0.2) is 10.7 Å². The van der Waals surface area contributed by atoms with Gasteiger partial charge in [0.1, 0.15) is 10.4 Å². The Morgan fingerprint density at radius 2 is 1.95 bits per heavy atom. The molecule has 112 valence electrons. The number of alkyl halides is 3. The molecule has 0 unspecified atom stereocenters. The second kappa shape index (κ2) is 4.83. The second-order valence-electron chi connectivity index (χ2n) is 4.43. The van der Waals surface area contributed by atoms with Gasteiger partial charge in [-0.05, 0) is 15.9 Å². The first-order chi connectivity index (χ1) is 9.84. The van der Waals surface area contributed by atoms with Gasteiger partial charge in [0.15, 0.2) is 5.82 Å². The zero-order chi connectivity index (χ0) is 15.2. The number of nitrogen functional groups attached to an aromatic ring is 1. The predicted octanol–water partition coefficient (Wildman–Crippen LogP) is 1.45. The summed E-state index contributed by atoms with van der Waals surface area (Å²) in [4.78, 5) is 9.93. The second-order valence-corrected chi connectivity index (χ2v) is 5.24. The van der Waals surface area contributed by atoms with E-state index in [0.29, 0.717) is 17.1 Å². The van der Waals surface area contributed by atoms with Crippen LogP contribution in [0.25, 0.3) is 0 Å². The van der Waals surface area contributed by atoms with Crippen molar-refractivity contribution >= 4 is 27.7 Å². The minimum atomic E-state index is -4.51. The van der Waals surface area contributed by atoms with E-state index < -0.39 is 12.0 Å². The average molecular weight is 364 g/mol. The zero-order valence-electron chi connectivity index (χ0n) is 10.5. The van der Waals surface area contributed by atoms with Crippen LogP contribution in [0.3, 0.4) is 0 Å².